The third-order valence-electron chi connectivity index (χ3n) is 4.63. The highest BCUT2D eigenvalue weighted by molar-refractivity contribution is 5.94. The monoisotopic (exact) mass is 378 g/mol. The van der Waals surface area contributed by atoms with Crippen molar-refractivity contribution in [2.45, 2.75) is 12.5 Å². The van der Waals surface area contributed by atoms with Crippen molar-refractivity contribution < 1.29 is 18.7 Å². The van der Waals surface area contributed by atoms with Crippen molar-refractivity contribution in [2.75, 3.05) is 13.7 Å². The lowest BCUT2D eigenvalue weighted by Gasteiger charge is -2.13. The molecule has 5 nitrogen and oxygen atoms in total. The van der Waals surface area contributed by atoms with Crippen LogP contribution in [0.5, 0.6) is 11.5 Å². The topological polar surface area (TPSA) is 60.5 Å². The van der Waals surface area contributed by atoms with Gasteiger partial charge in [-0.2, -0.15) is 0 Å². The van der Waals surface area contributed by atoms with Crippen molar-refractivity contribution in [1.82, 2.24) is 10.3 Å². The van der Waals surface area contributed by atoms with Crippen molar-refractivity contribution in [1.29, 1.82) is 0 Å². The normalized spacial score (nSPS) is 14.9. The Labute approximate surface area is 162 Å². The van der Waals surface area contributed by atoms with Crippen LogP contribution in [0.2, 0.25) is 0 Å². The zero-order chi connectivity index (χ0) is 19.5. The smallest absolute Gasteiger partial charge is 0.251 e. The molecule has 1 atom stereocenters. The van der Waals surface area contributed by atoms with E-state index in [-0.39, 0.29) is 17.8 Å². The van der Waals surface area contributed by atoms with E-state index in [2.05, 4.69) is 10.3 Å². The lowest BCUT2D eigenvalue weighted by Crippen LogP contribution is -2.34. The van der Waals surface area contributed by atoms with Crippen molar-refractivity contribution in [3.05, 3.63) is 77.7 Å². The first-order valence-corrected chi connectivity index (χ1v) is 8.97. The van der Waals surface area contributed by atoms with Crippen LogP contribution in [0.25, 0.3) is 11.3 Å². The standard InChI is InChI=1S/C22H19FN2O3/c1-27-17-6-4-5-14(10-17)22(26)25-13-18-11-15-9-16(23)12-19(21(15)28-18)20-7-2-3-8-24-20/h2-10,12,18H,11,13H2,1H3,(H,25,26)/t18-/m0/s1. The van der Waals surface area contributed by atoms with Crippen LogP contribution in [0.3, 0.4) is 0 Å². The zero-order valence-electron chi connectivity index (χ0n) is 15.3. The van der Waals surface area contributed by atoms with E-state index in [0.29, 0.717) is 41.3 Å². The van der Waals surface area contributed by atoms with Gasteiger partial charge < -0.3 is 14.8 Å². The largest absolute Gasteiger partial charge is 0.497 e. The summed E-state index contributed by atoms with van der Waals surface area (Å²) in [7, 11) is 1.55. The number of hydrogen-bond acceptors (Lipinski definition) is 4. The van der Waals surface area contributed by atoms with Gasteiger partial charge in [0.2, 0.25) is 0 Å². The molecule has 0 spiro atoms. The number of carbonyl (C=O) groups excluding carboxylic acids is 1. The van der Waals surface area contributed by atoms with Crippen molar-refractivity contribution in [3.8, 4) is 22.8 Å². The van der Waals surface area contributed by atoms with E-state index in [4.69, 9.17) is 9.47 Å². The van der Waals surface area contributed by atoms with Gasteiger partial charge in [-0.1, -0.05) is 12.1 Å². The molecule has 3 aromatic rings. The summed E-state index contributed by atoms with van der Waals surface area (Å²) in [5.41, 5.74) is 2.56. The average Bonchev–Trinajstić information content (AvgIpc) is 3.14. The molecule has 1 aliphatic heterocycles. The molecule has 2 heterocycles. The predicted octanol–water partition coefficient (Wildman–Crippen LogP) is 3.63. The lowest BCUT2D eigenvalue weighted by molar-refractivity contribution is 0.0933. The first-order valence-electron chi connectivity index (χ1n) is 8.97. The number of rotatable bonds is 5. The molecule has 1 N–H and O–H groups in total. The summed E-state index contributed by atoms with van der Waals surface area (Å²) < 4.78 is 25.3. The van der Waals surface area contributed by atoms with Crippen LogP contribution in [0, 0.1) is 5.82 Å². The molecule has 0 saturated heterocycles. The maximum absolute atomic E-state index is 14.1. The first-order chi connectivity index (χ1) is 13.6. The number of carbonyl (C=O) groups is 1. The molecular formula is C22H19FN2O3. The van der Waals surface area contributed by atoms with Gasteiger partial charge in [0, 0.05) is 29.3 Å². The number of fused-ring (bicyclic) bond motifs is 1. The molecule has 4 rings (SSSR count). The first kappa shape index (κ1) is 18.0. The van der Waals surface area contributed by atoms with E-state index in [0.717, 1.165) is 5.56 Å². The Morgan fingerprint density at radius 3 is 2.93 bits per heavy atom. The zero-order valence-corrected chi connectivity index (χ0v) is 15.3. The van der Waals surface area contributed by atoms with Crippen LogP contribution in [-0.2, 0) is 6.42 Å². The van der Waals surface area contributed by atoms with Crippen LogP contribution in [0.15, 0.2) is 60.8 Å². The summed E-state index contributed by atoms with van der Waals surface area (Å²) in [5.74, 6) is 0.701. The summed E-state index contributed by atoms with van der Waals surface area (Å²) in [5, 5.41) is 2.87. The maximum Gasteiger partial charge on any atom is 0.251 e. The van der Waals surface area contributed by atoms with Crippen LogP contribution >= 0.6 is 0 Å². The summed E-state index contributed by atoms with van der Waals surface area (Å²) >= 11 is 0. The second kappa shape index (κ2) is 7.68. The highest BCUT2D eigenvalue weighted by atomic mass is 19.1. The Morgan fingerprint density at radius 1 is 1.25 bits per heavy atom. The highest BCUT2D eigenvalue weighted by Gasteiger charge is 2.27. The maximum atomic E-state index is 14.1. The molecule has 0 bridgehead atoms. The third kappa shape index (κ3) is 3.67. The number of nitrogens with zero attached hydrogens (tertiary/aromatic N) is 1. The van der Waals surface area contributed by atoms with Gasteiger partial charge in [-0.3, -0.25) is 9.78 Å². The second-order valence-corrected chi connectivity index (χ2v) is 6.54. The number of nitrogens with one attached hydrogen (secondary N) is 1. The molecule has 1 aliphatic rings. The van der Waals surface area contributed by atoms with E-state index in [1.807, 2.05) is 12.1 Å². The molecule has 0 aliphatic carbocycles. The van der Waals surface area contributed by atoms with Gasteiger partial charge in [0.05, 0.1) is 19.3 Å². The summed E-state index contributed by atoms with van der Waals surface area (Å²) in [6, 6.07) is 15.3. The molecule has 2 aromatic carbocycles. The van der Waals surface area contributed by atoms with Gasteiger partial charge in [0.15, 0.2) is 0 Å². The number of pyridine rings is 1. The number of ether oxygens (including phenoxy) is 2. The minimum Gasteiger partial charge on any atom is -0.497 e. The number of hydrogen-bond donors (Lipinski definition) is 1. The minimum absolute atomic E-state index is 0.213. The molecule has 0 unspecified atom stereocenters. The molecule has 142 valence electrons. The summed E-state index contributed by atoms with van der Waals surface area (Å²) in [6.45, 7) is 0.313. The van der Waals surface area contributed by atoms with E-state index >= 15 is 0 Å². The summed E-state index contributed by atoms with van der Waals surface area (Å²) in [6.07, 6.45) is 1.91. The number of benzene rings is 2. The van der Waals surface area contributed by atoms with E-state index < -0.39 is 0 Å². The van der Waals surface area contributed by atoms with Crippen LogP contribution < -0.4 is 14.8 Å². The fourth-order valence-corrected chi connectivity index (χ4v) is 3.29. The van der Waals surface area contributed by atoms with Crippen LogP contribution in [-0.4, -0.2) is 30.6 Å². The molecular weight excluding hydrogens is 359 g/mol. The van der Waals surface area contributed by atoms with Gasteiger partial charge in [-0.15, -0.1) is 0 Å². The van der Waals surface area contributed by atoms with Crippen LogP contribution in [0.1, 0.15) is 15.9 Å². The van der Waals surface area contributed by atoms with Crippen LogP contribution in [0.4, 0.5) is 4.39 Å². The molecule has 0 radical (unpaired) electrons. The van der Waals surface area contributed by atoms with Gasteiger partial charge >= 0.3 is 0 Å². The fraction of sp³-hybridized carbons (Fsp3) is 0.182. The van der Waals surface area contributed by atoms with E-state index in [9.17, 15) is 9.18 Å². The Bertz CT molecular complexity index is 1010. The third-order valence-corrected chi connectivity index (χ3v) is 4.63. The number of aromatic nitrogens is 1. The lowest BCUT2D eigenvalue weighted by atomic mass is 10.0. The summed E-state index contributed by atoms with van der Waals surface area (Å²) in [4.78, 5) is 16.7. The second-order valence-electron chi connectivity index (χ2n) is 6.54. The van der Waals surface area contributed by atoms with E-state index in [1.165, 1.54) is 12.1 Å². The van der Waals surface area contributed by atoms with Crippen molar-refractivity contribution >= 4 is 5.91 Å². The number of amides is 1. The minimum atomic E-state index is -0.330. The van der Waals surface area contributed by atoms with Gasteiger partial charge in [0.1, 0.15) is 23.4 Å². The van der Waals surface area contributed by atoms with Crippen molar-refractivity contribution in [2.24, 2.45) is 0 Å². The van der Waals surface area contributed by atoms with E-state index in [1.54, 1.807) is 43.6 Å². The number of halogens is 1. The Kier molecular flexibility index (Phi) is 4.93. The number of methoxy groups -OCH3 is 1. The quantitative estimate of drug-likeness (QED) is 0.737. The molecule has 28 heavy (non-hydrogen) atoms. The van der Waals surface area contributed by atoms with Gasteiger partial charge in [-0.05, 0) is 42.5 Å². The molecule has 6 heteroatoms. The van der Waals surface area contributed by atoms with Gasteiger partial charge in [0.25, 0.3) is 5.91 Å². The predicted molar refractivity (Wildman–Crippen MR) is 103 cm³/mol. The molecule has 0 fully saturated rings. The Morgan fingerprint density at radius 2 is 2.14 bits per heavy atom. The van der Waals surface area contributed by atoms with Crippen molar-refractivity contribution in [3.63, 3.8) is 0 Å². The fourth-order valence-electron chi connectivity index (χ4n) is 3.29. The Balaban J connectivity index is 1.47. The Hall–Kier alpha value is -3.41. The molecule has 1 amide bonds. The highest BCUT2D eigenvalue weighted by Crippen LogP contribution is 2.38. The average molecular weight is 378 g/mol. The van der Waals surface area contributed by atoms with Gasteiger partial charge in [-0.25, -0.2) is 4.39 Å². The molecule has 1 aromatic heterocycles. The SMILES string of the molecule is COc1cccc(C(=O)NC[C@@H]2Cc3cc(F)cc(-c4ccccn4)c3O2)c1. The molecule has 0 saturated carbocycles.